The van der Waals surface area contributed by atoms with Gasteiger partial charge in [0.2, 0.25) is 0 Å². The van der Waals surface area contributed by atoms with E-state index in [0.717, 1.165) is 30.9 Å². The fourth-order valence-electron chi connectivity index (χ4n) is 2.56. The molecule has 1 atom stereocenters. The smallest absolute Gasteiger partial charge is 0.289 e. The highest BCUT2D eigenvalue weighted by molar-refractivity contribution is 5.90. The first-order valence-electron chi connectivity index (χ1n) is 6.54. The Hall–Kier alpha value is -2.11. The molecule has 2 aromatic heterocycles. The SMILES string of the molecule is Cc1cnc(C(=O)N2CCCC(c3ncc[nH]3)C2)[nH]1. The number of imidazole rings is 2. The summed E-state index contributed by atoms with van der Waals surface area (Å²) in [6.45, 7) is 3.38. The van der Waals surface area contributed by atoms with Gasteiger partial charge in [-0.25, -0.2) is 9.97 Å². The number of hydrogen-bond acceptors (Lipinski definition) is 3. The number of nitrogens with one attached hydrogen (secondary N) is 2. The summed E-state index contributed by atoms with van der Waals surface area (Å²) in [5.74, 6) is 1.67. The summed E-state index contributed by atoms with van der Waals surface area (Å²) in [5.41, 5.74) is 0.906. The zero-order valence-corrected chi connectivity index (χ0v) is 10.9. The van der Waals surface area contributed by atoms with Gasteiger partial charge in [-0.15, -0.1) is 0 Å². The van der Waals surface area contributed by atoms with E-state index in [1.165, 1.54) is 0 Å². The van der Waals surface area contributed by atoms with E-state index in [0.29, 0.717) is 18.3 Å². The molecule has 0 bridgehead atoms. The van der Waals surface area contributed by atoms with Crippen molar-refractivity contribution in [3.63, 3.8) is 0 Å². The van der Waals surface area contributed by atoms with Crippen LogP contribution < -0.4 is 0 Å². The number of aromatic nitrogens is 4. The van der Waals surface area contributed by atoms with Crippen molar-refractivity contribution in [2.75, 3.05) is 13.1 Å². The summed E-state index contributed by atoms with van der Waals surface area (Å²) in [4.78, 5) is 28.7. The van der Waals surface area contributed by atoms with E-state index in [4.69, 9.17) is 0 Å². The molecular weight excluding hydrogens is 242 g/mol. The zero-order chi connectivity index (χ0) is 13.2. The second-order valence-electron chi connectivity index (χ2n) is 4.98. The van der Waals surface area contributed by atoms with Crippen molar-refractivity contribution in [3.05, 3.63) is 35.9 Å². The molecule has 0 aliphatic carbocycles. The van der Waals surface area contributed by atoms with Crippen molar-refractivity contribution >= 4 is 5.91 Å². The highest BCUT2D eigenvalue weighted by Gasteiger charge is 2.27. The third-order valence-electron chi connectivity index (χ3n) is 3.52. The number of aromatic amines is 2. The number of aryl methyl sites for hydroxylation is 1. The van der Waals surface area contributed by atoms with Gasteiger partial charge in [-0.2, -0.15) is 0 Å². The summed E-state index contributed by atoms with van der Waals surface area (Å²) in [7, 11) is 0. The Morgan fingerprint density at radius 3 is 3.05 bits per heavy atom. The van der Waals surface area contributed by atoms with Gasteiger partial charge in [0.15, 0.2) is 5.82 Å². The molecule has 1 amide bonds. The minimum atomic E-state index is -0.0237. The van der Waals surface area contributed by atoms with Gasteiger partial charge in [0, 0.05) is 43.3 Å². The van der Waals surface area contributed by atoms with Crippen molar-refractivity contribution in [1.29, 1.82) is 0 Å². The molecule has 0 spiro atoms. The molecule has 6 nitrogen and oxygen atoms in total. The van der Waals surface area contributed by atoms with Crippen molar-refractivity contribution in [2.24, 2.45) is 0 Å². The zero-order valence-electron chi connectivity index (χ0n) is 10.9. The minimum absolute atomic E-state index is 0.0237. The second-order valence-corrected chi connectivity index (χ2v) is 4.98. The monoisotopic (exact) mass is 259 g/mol. The minimum Gasteiger partial charge on any atom is -0.348 e. The van der Waals surface area contributed by atoms with Crippen LogP contribution in [0.3, 0.4) is 0 Å². The Morgan fingerprint density at radius 2 is 2.37 bits per heavy atom. The van der Waals surface area contributed by atoms with E-state index >= 15 is 0 Å². The first kappa shape index (κ1) is 12.0. The molecule has 3 rings (SSSR count). The maximum absolute atomic E-state index is 12.3. The molecule has 0 radical (unpaired) electrons. The number of rotatable bonds is 2. The molecule has 1 aliphatic rings. The van der Waals surface area contributed by atoms with Crippen LogP contribution in [0, 0.1) is 6.92 Å². The number of likely N-dealkylation sites (tertiary alicyclic amines) is 1. The van der Waals surface area contributed by atoms with Gasteiger partial charge in [0.1, 0.15) is 5.82 Å². The maximum Gasteiger partial charge on any atom is 0.289 e. The molecule has 0 aromatic carbocycles. The number of hydrogen-bond donors (Lipinski definition) is 2. The van der Waals surface area contributed by atoms with Crippen LogP contribution >= 0.6 is 0 Å². The van der Waals surface area contributed by atoms with Gasteiger partial charge in [-0.1, -0.05) is 0 Å². The standard InChI is InChI=1S/C13H17N5O/c1-9-7-16-12(17-9)13(19)18-6-2-3-10(8-18)11-14-4-5-15-11/h4-5,7,10H,2-3,6,8H2,1H3,(H,14,15)(H,16,17). The van der Waals surface area contributed by atoms with Gasteiger partial charge in [-0.05, 0) is 19.8 Å². The molecular formula is C13H17N5O. The summed E-state index contributed by atoms with van der Waals surface area (Å²) in [5, 5.41) is 0. The molecule has 1 aliphatic heterocycles. The Bertz CT molecular complexity index is 559. The van der Waals surface area contributed by atoms with E-state index in [1.54, 1.807) is 12.4 Å². The summed E-state index contributed by atoms with van der Waals surface area (Å²) in [6.07, 6.45) is 7.32. The van der Waals surface area contributed by atoms with Gasteiger partial charge in [0.05, 0.1) is 0 Å². The Labute approximate surface area is 111 Å². The third-order valence-corrected chi connectivity index (χ3v) is 3.52. The molecule has 2 N–H and O–H groups in total. The fraction of sp³-hybridized carbons (Fsp3) is 0.462. The molecule has 100 valence electrons. The van der Waals surface area contributed by atoms with Gasteiger partial charge < -0.3 is 14.9 Å². The summed E-state index contributed by atoms with van der Waals surface area (Å²) >= 11 is 0. The van der Waals surface area contributed by atoms with Crippen molar-refractivity contribution in [3.8, 4) is 0 Å². The normalized spacial score (nSPS) is 19.6. The first-order valence-corrected chi connectivity index (χ1v) is 6.54. The lowest BCUT2D eigenvalue weighted by Gasteiger charge is -2.31. The third kappa shape index (κ3) is 2.38. The predicted octanol–water partition coefficient (Wildman–Crippen LogP) is 1.46. The van der Waals surface area contributed by atoms with E-state index in [1.807, 2.05) is 18.0 Å². The summed E-state index contributed by atoms with van der Waals surface area (Å²) in [6, 6.07) is 0. The first-order chi connectivity index (χ1) is 9.24. The van der Waals surface area contributed by atoms with E-state index in [2.05, 4.69) is 19.9 Å². The number of piperidine rings is 1. The molecule has 2 aromatic rings. The summed E-state index contributed by atoms with van der Waals surface area (Å²) < 4.78 is 0. The molecule has 1 unspecified atom stereocenters. The number of amides is 1. The van der Waals surface area contributed by atoms with Gasteiger partial charge in [0.25, 0.3) is 5.91 Å². The van der Waals surface area contributed by atoms with Crippen LogP contribution in [-0.4, -0.2) is 43.8 Å². The molecule has 6 heteroatoms. The predicted molar refractivity (Wildman–Crippen MR) is 69.8 cm³/mol. The average molecular weight is 259 g/mol. The van der Waals surface area contributed by atoms with Crippen LogP contribution in [0.25, 0.3) is 0 Å². The number of carbonyl (C=O) groups excluding carboxylic acids is 1. The Morgan fingerprint density at radius 1 is 1.47 bits per heavy atom. The van der Waals surface area contributed by atoms with Gasteiger partial charge in [-0.3, -0.25) is 4.79 Å². The Kier molecular flexibility index (Phi) is 3.06. The molecule has 1 fully saturated rings. The van der Waals surface area contributed by atoms with Crippen LogP contribution in [0.4, 0.5) is 0 Å². The van der Waals surface area contributed by atoms with Crippen LogP contribution in [-0.2, 0) is 0 Å². The average Bonchev–Trinajstić information content (AvgIpc) is 3.09. The van der Waals surface area contributed by atoms with Crippen LogP contribution in [0.2, 0.25) is 0 Å². The molecule has 1 saturated heterocycles. The quantitative estimate of drug-likeness (QED) is 0.857. The number of nitrogens with zero attached hydrogens (tertiary/aromatic N) is 3. The molecule has 3 heterocycles. The van der Waals surface area contributed by atoms with Crippen molar-refractivity contribution in [1.82, 2.24) is 24.8 Å². The lowest BCUT2D eigenvalue weighted by atomic mass is 9.97. The lowest BCUT2D eigenvalue weighted by molar-refractivity contribution is 0.0693. The van der Waals surface area contributed by atoms with Crippen molar-refractivity contribution < 1.29 is 4.79 Å². The van der Waals surface area contributed by atoms with Gasteiger partial charge >= 0.3 is 0 Å². The van der Waals surface area contributed by atoms with E-state index in [9.17, 15) is 4.79 Å². The van der Waals surface area contributed by atoms with Crippen LogP contribution in [0.15, 0.2) is 18.6 Å². The highest BCUT2D eigenvalue weighted by atomic mass is 16.2. The van der Waals surface area contributed by atoms with Crippen LogP contribution in [0.5, 0.6) is 0 Å². The van der Waals surface area contributed by atoms with Crippen molar-refractivity contribution in [2.45, 2.75) is 25.7 Å². The topological polar surface area (TPSA) is 77.7 Å². The maximum atomic E-state index is 12.3. The Balaban J connectivity index is 1.73. The van der Waals surface area contributed by atoms with E-state index in [-0.39, 0.29) is 5.91 Å². The van der Waals surface area contributed by atoms with E-state index < -0.39 is 0 Å². The molecule has 19 heavy (non-hydrogen) atoms. The molecule has 0 saturated carbocycles. The lowest BCUT2D eigenvalue weighted by Crippen LogP contribution is -2.39. The largest absolute Gasteiger partial charge is 0.348 e. The highest BCUT2D eigenvalue weighted by Crippen LogP contribution is 2.24. The number of H-pyrrole nitrogens is 2. The second kappa shape index (κ2) is 4.87. The van der Waals surface area contributed by atoms with Crippen LogP contribution in [0.1, 0.15) is 40.9 Å². The fourth-order valence-corrected chi connectivity index (χ4v) is 2.56. The number of carbonyl (C=O) groups is 1.